The maximum atomic E-state index is 6.01. The zero-order valence-corrected chi connectivity index (χ0v) is 10.9. The molecule has 0 spiro atoms. The highest BCUT2D eigenvalue weighted by molar-refractivity contribution is 6.32. The maximum Gasteiger partial charge on any atom is 0.249 e. The van der Waals surface area contributed by atoms with Crippen molar-refractivity contribution in [1.82, 2.24) is 20.5 Å². The normalized spacial score (nSPS) is 10.8. The van der Waals surface area contributed by atoms with Gasteiger partial charge in [-0.05, 0) is 19.0 Å². The number of nitrogens with zero attached hydrogens (tertiary/aromatic N) is 3. The maximum absolute atomic E-state index is 6.01. The molecule has 5 nitrogen and oxygen atoms in total. The number of hydrogen-bond acceptors (Lipinski definition) is 5. The molecular formula is C12H15ClN4O. The fourth-order valence-electron chi connectivity index (χ4n) is 1.51. The lowest BCUT2D eigenvalue weighted by molar-refractivity contribution is 0.494. The molecule has 0 fully saturated rings. The van der Waals surface area contributed by atoms with Gasteiger partial charge in [0.15, 0.2) is 0 Å². The van der Waals surface area contributed by atoms with E-state index in [0.717, 1.165) is 25.9 Å². The van der Waals surface area contributed by atoms with Crippen LogP contribution in [-0.4, -0.2) is 28.3 Å². The van der Waals surface area contributed by atoms with Crippen molar-refractivity contribution in [2.75, 3.05) is 13.1 Å². The standard InChI is InChI=1S/C12H15ClN4O/c1-2-5-14-7-4-11-16-17-12(18-11)9-3-6-15-8-10(9)13/h3,6,8,14H,2,4-5,7H2,1H3. The van der Waals surface area contributed by atoms with Gasteiger partial charge in [-0.2, -0.15) is 0 Å². The molecule has 0 saturated heterocycles. The van der Waals surface area contributed by atoms with Crippen molar-refractivity contribution in [2.45, 2.75) is 19.8 Å². The van der Waals surface area contributed by atoms with E-state index in [1.165, 1.54) is 0 Å². The number of hydrogen-bond donors (Lipinski definition) is 1. The van der Waals surface area contributed by atoms with Crippen LogP contribution in [0.25, 0.3) is 11.5 Å². The topological polar surface area (TPSA) is 63.8 Å². The summed E-state index contributed by atoms with van der Waals surface area (Å²) in [7, 11) is 0. The molecule has 96 valence electrons. The van der Waals surface area contributed by atoms with E-state index < -0.39 is 0 Å². The number of aromatic nitrogens is 3. The van der Waals surface area contributed by atoms with Crippen LogP contribution in [-0.2, 0) is 6.42 Å². The predicted octanol–water partition coefficient (Wildman–Crippen LogP) is 2.33. The van der Waals surface area contributed by atoms with Crippen LogP contribution in [0.15, 0.2) is 22.9 Å². The summed E-state index contributed by atoms with van der Waals surface area (Å²) >= 11 is 6.01. The second-order valence-corrected chi connectivity index (χ2v) is 4.26. The van der Waals surface area contributed by atoms with Crippen molar-refractivity contribution in [1.29, 1.82) is 0 Å². The van der Waals surface area contributed by atoms with Gasteiger partial charge in [-0.3, -0.25) is 4.98 Å². The summed E-state index contributed by atoms with van der Waals surface area (Å²) in [6, 6.07) is 1.76. The minimum Gasteiger partial charge on any atom is -0.421 e. The average Bonchev–Trinajstić information content (AvgIpc) is 2.84. The molecule has 0 amide bonds. The minimum atomic E-state index is 0.438. The molecule has 2 aromatic heterocycles. The first-order chi connectivity index (χ1) is 8.81. The van der Waals surface area contributed by atoms with Crippen molar-refractivity contribution in [3.8, 4) is 11.5 Å². The van der Waals surface area contributed by atoms with Gasteiger partial charge in [-0.15, -0.1) is 10.2 Å². The summed E-state index contributed by atoms with van der Waals surface area (Å²) in [6.07, 6.45) is 5.04. The van der Waals surface area contributed by atoms with Gasteiger partial charge in [-0.1, -0.05) is 18.5 Å². The van der Waals surface area contributed by atoms with E-state index in [2.05, 4.69) is 27.4 Å². The average molecular weight is 267 g/mol. The molecule has 2 rings (SSSR count). The molecular weight excluding hydrogens is 252 g/mol. The second kappa shape index (κ2) is 6.47. The van der Waals surface area contributed by atoms with Crippen molar-refractivity contribution in [2.24, 2.45) is 0 Å². The number of halogens is 1. The van der Waals surface area contributed by atoms with E-state index in [4.69, 9.17) is 16.0 Å². The Kier molecular flexibility index (Phi) is 4.66. The summed E-state index contributed by atoms with van der Waals surface area (Å²) < 4.78 is 5.56. The monoisotopic (exact) mass is 266 g/mol. The van der Waals surface area contributed by atoms with Gasteiger partial charge < -0.3 is 9.73 Å². The Balaban J connectivity index is 2.00. The van der Waals surface area contributed by atoms with Crippen LogP contribution >= 0.6 is 11.6 Å². The van der Waals surface area contributed by atoms with E-state index in [1.807, 2.05) is 0 Å². The Morgan fingerprint density at radius 2 is 2.22 bits per heavy atom. The highest BCUT2D eigenvalue weighted by Gasteiger charge is 2.11. The van der Waals surface area contributed by atoms with Crippen molar-refractivity contribution < 1.29 is 4.42 Å². The summed E-state index contributed by atoms with van der Waals surface area (Å²) in [5.74, 6) is 1.05. The molecule has 2 aromatic rings. The largest absolute Gasteiger partial charge is 0.421 e. The molecule has 6 heteroatoms. The molecule has 0 aromatic carbocycles. The van der Waals surface area contributed by atoms with E-state index in [9.17, 15) is 0 Å². The molecule has 18 heavy (non-hydrogen) atoms. The Bertz CT molecular complexity index is 500. The fraction of sp³-hybridized carbons (Fsp3) is 0.417. The first kappa shape index (κ1) is 13.0. The molecule has 2 heterocycles. The Hall–Kier alpha value is -1.46. The Morgan fingerprint density at radius 1 is 1.33 bits per heavy atom. The van der Waals surface area contributed by atoms with Gasteiger partial charge in [0.05, 0.1) is 10.6 Å². The summed E-state index contributed by atoms with van der Waals surface area (Å²) in [4.78, 5) is 3.92. The zero-order chi connectivity index (χ0) is 12.8. The number of rotatable bonds is 6. The molecule has 0 bridgehead atoms. The third-order valence-electron chi connectivity index (χ3n) is 2.41. The molecule has 1 N–H and O–H groups in total. The Labute approximate surface area is 111 Å². The number of pyridine rings is 1. The van der Waals surface area contributed by atoms with Crippen LogP contribution in [0.3, 0.4) is 0 Å². The first-order valence-corrected chi connectivity index (χ1v) is 6.32. The molecule has 0 aliphatic carbocycles. The van der Waals surface area contributed by atoms with E-state index in [-0.39, 0.29) is 0 Å². The third-order valence-corrected chi connectivity index (χ3v) is 2.71. The lowest BCUT2D eigenvalue weighted by atomic mass is 10.3. The van der Waals surface area contributed by atoms with Crippen molar-refractivity contribution >= 4 is 11.6 Å². The molecule has 0 saturated carbocycles. The van der Waals surface area contributed by atoms with Crippen LogP contribution in [0.1, 0.15) is 19.2 Å². The van der Waals surface area contributed by atoms with Crippen molar-refractivity contribution in [3.63, 3.8) is 0 Å². The summed E-state index contributed by atoms with van der Waals surface area (Å²) in [5, 5.41) is 11.8. The van der Waals surface area contributed by atoms with E-state index >= 15 is 0 Å². The molecule has 0 radical (unpaired) electrons. The van der Waals surface area contributed by atoms with Crippen LogP contribution in [0, 0.1) is 0 Å². The highest BCUT2D eigenvalue weighted by Crippen LogP contribution is 2.25. The van der Waals surface area contributed by atoms with Gasteiger partial charge in [-0.25, -0.2) is 0 Å². The lowest BCUT2D eigenvalue weighted by Crippen LogP contribution is -2.17. The quantitative estimate of drug-likeness (QED) is 0.813. The van der Waals surface area contributed by atoms with Gasteiger partial charge in [0.25, 0.3) is 0 Å². The summed E-state index contributed by atoms with van der Waals surface area (Å²) in [5.41, 5.74) is 0.715. The fourth-order valence-corrected chi connectivity index (χ4v) is 1.71. The SMILES string of the molecule is CCCNCCc1nnc(-c2ccncc2Cl)o1. The van der Waals surface area contributed by atoms with Crippen LogP contribution < -0.4 is 5.32 Å². The molecule has 0 atom stereocenters. The second-order valence-electron chi connectivity index (χ2n) is 3.86. The van der Waals surface area contributed by atoms with Crippen LogP contribution in [0.5, 0.6) is 0 Å². The predicted molar refractivity (Wildman–Crippen MR) is 69.4 cm³/mol. The zero-order valence-electron chi connectivity index (χ0n) is 10.2. The van der Waals surface area contributed by atoms with Gasteiger partial charge >= 0.3 is 0 Å². The van der Waals surface area contributed by atoms with Gasteiger partial charge in [0, 0.05) is 25.4 Å². The minimum absolute atomic E-state index is 0.438. The lowest BCUT2D eigenvalue weighted by Gasteiger charge is -1.99. The molecule has 0 aliphatic rings. The van der Waals surface area contributed by atoms with Gasteiger partial charge in [0.2, 0.25) is 11.8 Å². The van der Waals surface area contributed by atoms with Crippen LogP contribution in [0.2, 0.25) is 5.02 Å². The first-order valence-electron chi connectivity index (χ1n) is 5.94. The van der Waals surface area contributed by atoms with Crippen LogP contribution in [0.4, 0.5) is 0 Å². The van der Waals surface area contributed by atoms with E-state index in [1.54, 1.807) is 18.5 Å². The smallest absolute Gasteiger partial charge is 0.249 e. The molecule has 0 unspecified atom stereocenters. The van der Waals surface area contributed by atoms with Crippen molar-refractivity contribution in [3.05, 3.63) is 29.4 Å². The Morgan fingerprint density at radius 3 is 3.00 bits per heavy atom. The highest BCUT2D eigenvalue weighted by atomic mass is 35.5. The summed E-state index contributed by atoms with van der Waals surface area (Å²) in [6.45, 7) is 3.96. The van der Waals surface area contributed by atoms with Gasteiger partial charge in [0.1, 0.15) is 0 Å². The molecule has 0 aliphatic heterocycles. The third kappa shape index (κ3) is 3.27. The van der Waals surface area contributed by atoms with E-state index in [0.29, 0.717) is 22.4 Å². The number of nitrogens with one attached hydrogen (secondary N) is 1.